The van der Waals surface area contributed by atoms with Crippen LogP contribution in [-0.2, 0) is 25.5 Å². The van der Waals surface area contributed by atoms with E-state index in [2.05, 4.69) is 5.32 Å². The third-order valence-corrected chi connectivity index (χ3v) is 3.38. The van der Waals surface area contributed by atoms with Crippen LogP contribution in [0.3, 0.4) is 0 Å². The number of benzene rings is 1. The first-order chi connectivity index (χ1) is 12.0. The summed E-state index contributed by atoms with van der Waals surface area (Å²) in [5.74, 6) is -0.869. The van der Waals surface area contributed by atoms with Gasteiger partial charge in [-0.15, -0.1) is 0 Å². The Morgan fingerprint density at radius 1 is 1.16 bits per heavy atom. The van der Waals surface area contributed by atoms with Gasteiger partial charge in [0, 0.05) is 6.08 Å². The molecule has 6 nitrogen and oxygen atoms in total. The van der Waals surface area contributed by atoms with E-state index in [9.17, 15) is 14.4 Å². The number of ketones is 1. The molecule has 2 rings (SSSR count). The number of carbonyl (C=O) groups is 3. The lowest BCUT2D eigenvalue weighted by Gasteiger charge is -2.16. The molecule has 0 fully saturated rings. The summed E-state index contributed by atoms with van der Waals surface area (Å²) in [5.41, 5.74) is 0.932. The van der Waals surface area contributed by atoms with Crippen molar-refractivity contribution in [1.29, 1.82) is 0 Å². The zero-order valence-electron chi connectivity index (χ0n) is 13.8. The highest BCUT2D eigenvalue weighted by molar-refractivity contribution is 5.91. The highest BCUT2D eigenvalue weighted by Crippen LogP contribution is 2.04. The third kappa shape index (κ3) is 6.47. The molecule has 1 aromatic carbocycles. The molecular formula is C19H19NO5. The van der Waals surface area contributed by atoms with Gasteiger partial charge in [0.2, 0.25) is 0 Å². The zero-order chi connectivity index (χ0) is 18.1. The van der Waals surface area contributed by atoms with E-state index in [0.29, 0.717) is 12.2 Å². The normalized spacial score (nSPS) is 11.9. The summed E-state index contributed by atoms with van der Waals surface area (Å²) in [5, 5.41) is 2.58. The highest BCUT2D eigenvalue weighted by Gasteiger charge is 2.18. The van der Waals surface area contributed by atoms with Gasteiger partial charge in [-0.25, -0.2) is 4.79 Å². The molecule has 0 saturated heterocycles. The molecule has 0 bridgehead atoms. The molecule has 1 atom stereocenters. The van der Waals surface area contributed by atoms with Crippen LogP contribution in [0.15, 0.2) is 59.2 Å². The Hall–Kier alpha value is -3.15. The Morgan fingerprint density at radius 2 is 1.92 bits per heavy atom. The lowest BCUT2D eigenvalue weighted by molar-refractivity contribution is -0.144. The van der Waals surface area contributed by atoms with Crippen LogP contribution in [0.25, 0.3) is 6.08 Å². The first-order valence-electron chi connectivity index (χ1n) is 7.76. The quantitative estimate of drug-likeness (QED) is 0.587. The van der Waals surface area contributed by atoms with Crippen molar-refractivity contribution in [2.24, 2.45) is 0 Å². The first kappa shape index (κ1) is 18.2. The lowest BCUT2D eigenvalue weighted by Crippen LogP contribution is -2.43. The molecule has 0 spiro atoms. The fraction of sp³-hybridized carbons (Fsp3) is 0.211. The second-order valence-corrected chi connectivity index (χ2v) is 5.38. The second kappa shape index (κ2) is 9.22. The van der Waals surface area contributed by atoms with Gasteiger partial charge in [0.25, 0.3) is 5.91 Å². The zero-order valence-corrected chi connectivity index (χ0v) is 13.8. The number of amides is 1. The summed E-state index contributed by atoms with van der Waals surface area (Å²) < 4.78 is 9.88. The molecule has 1 amide bonds. The maximum absolute atomic E-state index is 11.9. The van der Waals surface area contributed by atoms with E-state index in [4.69, 9.17) is 9.15 Å². The van der Waals surface area contributed by atoms with Gasteiger partial charge < -0.3 is 14.5 Å². The largest absolute Gasteiger partial charge is 0.465 e. The van der Waals surface area contributed by atoms with E-state index in [0.717, 1.165) is 5.56 Å². The number of nitrogens with one attached hydrogen (secondary N) is 1. The fourth-order valence-corrected chi connectivity index (χ4v) is 2.10. The van der Waals surface area contributed by atoms with Crippen molar-refractivity contribution in [1.82, 2.24) is 5.32 Å². The van der Waals surface area contributed by atoms with E-state index >= 15 is 0 Å². The second-order valence-electron chi connectivity index (χ2n) is 5.38. The average molecular weight is 341 g/mol. The van der Waals surface area contributed by atoms with Crippen molar-refractivity contribution in [3.8, 4) is 0 Å². The van der Waals surface area contributed by atoms with Crippen molar-refractivity contribution in [3.05, 3.63) is 66.1 Å². The van der Waals surface area contributed by atoms with Crippen molar-refractivity contribution in [2.75, 3.05) is 6.61 Å². The molecule has 0 aliphatic carbocycles. The van der Waals surface area contributed by atoms with E-state index in [1.54, 1.807) is 12.1 Å². The van der Waals surface area contributed by atoms with E-state index in [1.807, 2.05) is 30.3 Å². The lowest BCUT2D eigenvalue weighted by atomic mass is 10.0. The number of ether oxygens (including phenoxy) is 1. The SMILES string of the molecule is CC(=O)[C@@H](Cc1ccccc1)NC(=O)COC(=O)/C=C/c1ccco1. The van der Waals surface area contributed by atoms with Gasteiger partial charge in [-0.1, -0.05) is 30.3 Å². The van der Waals surface area contributed by atoms with Crippen LogP contribution >= 0.6 is 0 Å². The van der Waals surface area contributed by atoms with Gasteiger partial charge in [0.1, 0.15) is 5.76 Å². The minimum Gasteiger partial charge on any atom is -0.465 e. The van der Waals surface area contributed by atoms with Crippen LogP contribution in [0, 0.1) is 0 Å². The van der Waals surface area contributed by atoms with E-state index < -0.39 is 24.5 Å². The number of carbonyl (C=O) groups excluding carboxylic acids is 3. The van der Waals surface area contributed by atoms with Crippen molar-refractivity contribution in [3.63, 3.8) is 0 Å². The van der Waals surface area contributed by atoms with Gasteiger partial charge in [-0.2, -0.15) is 0 Å². The van der Waals surface area contributed by atoms with Gasteiger partial charge in [0.15, 0.2) is 12.4 Å². The highest BCUT2D eigenvalue weighted by atomic mass is 16.5. The predicted molar refractivity (Wildman–Crippen MR) is 91.5 cm³/mol. The van der Waals surface area contributed by atoms with Gasteiger partial charge in [-0.05, 0) is 37.1 Å². The molecule has 130 valence electrons. The Morgan fingerprint density at radius 3 is 2.56 bits per heavy atom. The molecule has 1 heterocycles. The summed E-state index contributed by atoms with van der Waals surface area (Å²) in [4.78, 5) is 35.2. The van der Waals surface area contributed by atoms with Crippen molar-refractivity contribution in [2.45, 2.75) is 19.4 Å². The molecule has 1 N–H and O–H groups in total. The Bertz CT molecular complexity index is 734. The Labute approximate surface area is 145 Å². The predicted octanol–water partition coefficient (Wildman–Crippen LogP) is 2.15. The third-order valence-electron chi connectivity index (χ3n) is 3.38. The van der Waals surface area contributed by atoms with Crippen LogP contribution in [0.2, 0.25) is 0 Å². The van der Waals surface area contributed by atoms with E-state index in [-0.39, 0.29) is 5.78 Å². The number of hydrogen-bond acceptors (Lipinski definition) is 5. The maximum Gasteiger partial charge on any atom is 0.331 e. The minimum absolute atomic E-state index is 0.166. The van der Waals surface area contributed by atoms with Crippen LogP contribution in [0.1, 0.15) is 18.2 Å². The number of furan rings is 1. The molecule has 0 unspecified atom stereocenters. The van der Waals surface area contributed by atoms with Gasteiger partial charge >= 0.3 is 5.97 Å². The van der Waals surface area contributed by atoms with Crippen LogP contribution < -0.4 is 5.32 Å². The molecule has 2 aromatic rings. The summed E-state index contributed by atoms with van der Waals surface area (Å²) in [6.45, 7) is 0.950. The molecule has 0 aliphatic heterocycles. The minimum atomic E-state index is -0.672. The smallest absolute Gasteiger partial charge is 0.331 e. The molecule has 6 heteroatoms. The van der Waals surface area contributed by atoms with E-state index in [1.165, 1.54) is 25.3 Å². The first-order valence-corrected chi connectivity index (χ1v) is 7.76. The van der Waals surface area contributed by atoms with Crippen LogP contribution in [-0.4, -0.2) is 30.3 Å². The summed E-state index contributed by atoms with van der Waals surface area (Å²) >= 11 is 0. The Kier molecular flexibility index (Phi) is 6.71. The average Bonchev–Trinajstić information content (AvgIpc) is 3.12. The standard InChI is InChI=1S/C19H19NO5/c1-14(21)17(12-15-6-3-2-4-7-15)20-18(22)13-25-19(23)10-9-16-8-5-11-24-16/h2-11,17H,12-13H2,1H3,(H,20,22)/b10-9+/t17-/m1/s1. The molecule has 0 saturated carbocycles. The van der Waals surface area contributed by atoms with Crippen molar-refractivity contribution >= 4 is 23.7 Å². The topological polar surface area (TPSA) is 85.6 Å². The number of hydrogen-bond donors (Lipinski definition) is 1. The fourth-order valence-electron chi connectivity index (χ4n) is 2.10. The number of rotatable bonds is 8. The number of Topliss-reactive ketones (excluding diaryl/α,β-unsaturated/α-hetero) is 1. The summed E-state index contributed by atoms with van der Waals surface area (Å²) in [7, 11) is 0. The molecular weight excluding hydrogens is 322 g/mol. The maximum atomic E-state index is 11.9. The van der Waals surface area contributed by atoms with Crippen LogP contribution in [0.4, 0.5) is 0 Å². The molecule has 1 aromatic heterocycles. The summed E-state index contributed by atoms with van der Waals surface area (Å²) in [6, 6.07) is 12.1. The monoisotopic (exact) mass is 341 g/mol. The van der Waals surface area contributed by atoms with Gasteiger partial charge in [-0.3, -0.25) is 9.59 Å². The number of esters is 1. The van der Waals surface area contributed by atoms with Gasteiger partial charge in [0.05, 0.1) is 12.3 Å². The summed E-state index contributed by atoms with van der Waals surface area (Å²) in [6.07, 6.45) is 4.47. The molecule has 25 heavy (non-hydrogen) atoms. The van der Waals surface area contributed by atoms with Crippen LogP contribution in [0.5, 0.6) is 0 Å². The van der Waals surface area contributed by atoms with Crippen molar-refractivity contribution < 1.29 is 23.5 Å². The Balaban J connectivity index is 1.80. The molecule has 0 aliphatic rings. The molecule has 0 radical (unpaired) electrons.